The zero-order valence-electron chi connectivity index (χ0n) is 15.6. The fraction of sp³-hybridized carbons (Fsp3) is 0.263. The van der Waals surface area contributed by atoms with Crippen molar-refractivity contribution in [3.8, 4) is 5.75 Å². The van der Waals surface area contributed by atoms with Crippen molar-refractivity contribution in [2.45, 2.75) is 4.90 Å². The van der Waals surface area contributed by atoms with E-state index in [4.69, 9.17) is 27.9 Å². The number of nitrogens with zero attached hydrogens (tertiary/aromatic N) is 2. The third-order valence-electron chi connectivity index (χ3n) is 4.55. The zero-order valence-corrected chi connectivity index (χ0v) is 18.0. The monoisotopic (exact) mass is 472 g/mol. The smallest absolute Gasteiger partial charge is 0.342 e. The van der Waals surface area contributed by atoms with Gasteiger partial charge in [0, 0.05) is 36.2 Å². The van der Waals surface area contributed by atoms with Crippen LogP contribution in [0.4, 0.5) is 0 Å². The number of amides is 1. The van der Waals surface area contributed by atoms with E-state index in [0.717, 1.165) is 0 Å². The molecule has 0 radical (unpaired) electrons. The van der Waals surface area contributed by atoms with Gasteiger partial charge >= 0.3 is 5.97 Å². The summed E-state index contributed by atoms with van der Waals surface area (Å²) in [6, 6.07) is 9.77. The first-order valence-electron chi connectivity index (χ1n) is 8.87. The normalized spacial score (nSPS) is 15.1. The van der Waals surface area contributed by atoms with Gasteiger partial charge in [0.2, 0.25) is 10.0 Å². The second-order valence-electron chi connectivity index (χ2n) is 6.48. The van der Waals surface area contributed by atoms with Crippen LogP contribution >= 0.6 is 23.2 Å². The topological polar surface area (TPSA) is 104 Å². The number of benzene rings is 2. The molecule has 0 unspecified atom stereocenters. The predicted molar refractivity (Wildman–Crippen MR) is 110 cm³/mol. The van der Waals surface area contributed by atoms with Crippen molar-refractivity contribution in [2.24, 2.45) is 0 Å². The molecule has 0 spiro atoms. The molecule has 0 atom stereocenters. The summed E-state index contributed by atoms with van der Waals surface area (Å²) >= 11 is 11.5. The van der Waals surface area contributed by atoms with Crippen molar-refractivity contribution in [3.05, 3.63) is 58.1 Å². The lowest BCUT2D eigenvalue weighted by Gasteiger charge is -2.33. The minimum atomic E-state index is -3.69. The first kappa shape index (κ1) is 22.4. The highest BCUT2D eigenvalue weighted by molar-refractivity contribution is 7.89. The minimum absolute atomic E-state index is 0.105. The van der Waals surface area contributed by atoms with E-state index in [2.05, 4.69) is 0 Å². The summed E-state index contributed by atoms with van der Waals surface area (Å²) in [6.07, 6.45) is 0. The van der Waals surface area contributed by atoms with Gasteiger partial charge in [-0.3, -0.25) is 4.79 Å². The lowest BCUT2D eigenvalue weighted by molar-refractivity contribution is -0.135. The molecule has 3 rings (SSSR count). The summed E-state index contributed by atoms with van der Waals surface area (Å²) in [6.45, 7) is 0.0286. The van der Waals surface area contributed by atoms with Gasteiger partial charge in [-0.1, -0.05) is 23.2 Å². The van der Waals surface area contributed by atoms with E-state index in [0.29, 0.717) is 5.02 Å². The van der Waals surface area contributed by atoms with Crippen molar-refractivity contribution in [3.63, 3.8) is 0 Å². The number of carbonyl (C=O) groups is 2. The second kappa shape index (κ2) is 9.22. The molecular formula is C19H18Cl2N2O6S. The molecular weight excluding hydrogens is 455 g/mol. The molecule has 2 aromatic rings. The van der Waals surface area contributed by atoms with Gasteiger partial charge in [-0.2, -0.15) is 4.31 Å². The number of phenolic OH excluding ortho intramolecular Hbond substituents is 1. The number of carbonyl (C=O) groups excluding carboxylic acids is 2. The van der Waals surface area contributed by atoms with Crippen LogP contribution in [0.15, 0.2) is 47.4 Å². The van der Waals surface area contributed by atoms with E-state index in [1.165, 1.54) is 51.7 Å². The average Bonchev–Trinajstić information content (AvgIpc) is 2.72. The number of piperazine rings is 1. The van der Waals surface area contributed by atoms with Crippen LogP contribution in [0.1, 0.15) is 10.4 Å². The van der Waals surface area contributed by atoms with Crippen molar-refractivity contribution >= 4 is 45.1 Å². The highest BCUT2D eigenvalue weighted by atomic mass is 35.5. The quantitative estimate of drug-likeness (QED) is 0.669. The number of rotatable bonds is 5. The summed E-state index contributed by atoms with van der Waals surface area (Å²) in [4.78, 5) is 25.9. The van der Waals surface area contributed by atoms with Gasteiger partial charge in [0.05, 0.1) is 4.90 Å². The zero-order chi connectivity index (χ0) is 21.9. The molecule has 1 aliphatic heterocycles. The van der Waals surface area contributed by atoms with Crippen LogP contribution in [0.25, 0.3) is 0 Å². The molecule has 1 heterocycles. The fourth-order valence-corrected chi connectivity index (χ4v) is 4.62. The molecule has 2 aromatic carbocycles. The molecule has 30 heavy (non-hydrogen) atoms. The third-order valence-corrected chi connectivity index (χ3v) is 6.95. The molecule has 1 amide bonds. The highest BCUT2D eigenvalue weighted by Crippen LogP contribution is 2.23. The molecule has 0 bridgehead atoms. The van der Waals surface area contributed by atoms with Gasteiger partial charge in [-0.05, 0) is 42.5 Å². The summed E-state index contributed by atoms with van der Waals surface area (Å²) in [5, 5.41) is 10.4. The van der Waals surface area contributed by atoms with Crippen LogP contribution in [-0.4, -0.2) is 67.4 Å². The molecule has 11 heteroatoms. The Balaban J connectivity index is 1.54. The molecule has 1 saturated heterocycles. The molecule has 0 aliphatic carbocycles. The van der Waals surface area contributed by atoms with Crippen LogP contribution < -0.4 is 0 Å². The SMILES string of the molecule is O=C(OCC(=O)N1CCN(S(=O)(=O)c2ccc(Cl)cc2)CC1)c1ccc(Cl)cc1O. The first-order chi connectivity index (χ1) is 14.2. The number of phenols is 1. The Morgan fingerprint density at radius 3 is 2.17 bits per heavy atom. The third kappa shape index (κ3) is 5.04. The number of hydrogen-bond acceptors (Lipinski definition) is 6. The van der Waals surface area contributed by atoms with Crippen LogP contribution in [0.5, 0.6) is 5.75 Å². The van der Waals surface area contributed by atoms with Gasteiger partial charge in [0.15, 0.2) is 6.61 Å². The van der Waals surface area contributed by atoms with Crippen LogP contribution in [0, 0.1) is 0 Å². The number of aromatic hydroxyl groups is 1. The van der Waals surface area contributed by atoms with E-state index in [9.17, 15) is 23.1 Å². The molecule has 0 saturated carbocycles. The lowest BCUT2D eigenvalue weighted by Crippen LogP contribution is -2.51. The number of ether oxygens (including phenoxy) is 1. The van der Waals surface area contributed by atoms with Gasteiger partial charge in [-0.15, -0.1) is 0 Å². The number of esters is 1. The molecule has 0 aromatic heterocycles. The van der Waals surface area contributed by atoms with E-state index >= 15 is 0 Å². The summed E-state index contributed by atoms with van der Waals surface area (Å²) < 4.78 is 31.6. The second-order valence-corrected chi connectivity index (χ2v) is 9.29. The van der Waals surface area contributed by atoms with E-state index in [1.54, 1.807) is 0 Å². The fourth-order valence-electron chi connectivity index (χ4n) is 2.91. The molecule has 1 aliphatic rings. The first-order valence-corrected chi connectivity index (χ1v) is 11.1. The molecule has 160 valence electrons. The average molecular weight is 473 g/mol. The lowest BCUT2D eigenvalue weighted by atomic mass is 10.2. The molecule has 1 fully saturated rings. The van der Waals surface area contributed by atoms with Crippen LogP contribution in [0.3, 0.4) is 0 Å². The maximum absolute atomic E-state index is 12.7. The maximum atomic E-state index is 12.7. The summed E-state index contributed by atoms with van der Waals surface area (Å²) in [5.41, 5.74) is -0.105. The standard InChI is InChI=1S/C19H18Cl2N2O6S/c20-13-1-4-15(5-2-13)30(27,28)23-9-7-22(8-10-23)18(25)12-29-19(26)16-6-3-14(21)11-17(16)24/h1-6,11,24H,7-10,12H2. The number of sulfonamides is 1. The highest BCUT2D eigenvalue weighted by Gasteiger charge is 2.30. The Hall–Kier alpha value is -2.33. The van der Waals surface area contributed by atoms with Gasteiger partial charge in [0.25, 0.3) is 5.91 Å². The number of halogens is 2. The Bertz CT molecular complexity index is 1050. The van der Waals surface area contributed by atoms with Crippen molar-refractivity contribution in [1.82, 2.24) is 9.21 Å². The Labute approximate surface area is 183 Å². The van der Waals surface area contributed by atoms with Gasteiger partial charge in [0.1, 0.15) is 11.3 Å². The van der Waals surface area contributed by atoms with Gasteiger partial charge in [-0.25, -0.2) is 13.2 Å². The Morgan fingerprint density at radius 2 is 1.57 bits per heavy atom. The van der Waals surface area contributed by atoms with Crippen molar-refractivity contribution < 1.29 is 27.9 Å². The largest absolute Gasteiger partial charge is 0.507 e. The Kier molecular flexibility index (Phi) is 6.87. The van der Waals surface area contributed by atoms with Crippen molar-refractivity contribution in [1.29, 1.82) is 0 Å². The maximum Gasteiger partial charge on any atom is 0.342 e. The number of hydrogen-bond donors (Lipinski definition) is 1. The van der Waals surface area contributed by atoms with E-state index in [-0.39, 0.29) is 47.4 Å². The van der Waals surface area contributed by atoms with Gasteiger partial charge < -0.3 is 14.7 Å². The summed E-state index contributed by atoms with van der Waals surface area (Å²) in [5.74, 6) is -1.66. The van der Waals surface area contributed by atoms with Crippen LogP contribution in [0.2, 0.25) is 10.0 Å². The van der Waals surface area contributed by atoms with E-state index in [1.807, 2.05) is 0 Å². The molecule has 8 nitrogen and oxygen atoms in total. The predicted octanol–water partition coefficient (Wildman–Crippen LogP) is 2.39. The minimum Gasteiger partial charge on any atom is -0.507 e. The van der Waals surface area contributed by atoms with Crippen LogP contribution in [-0.2, 0) is 19.6 Å². The van der Waals surface area contributed by atoms with E-state index < -0.39 is 28.5 Å². The molecule has 1 N–H and O–H groups in total. The Morgan fingerprint density at radius 1 is 0.967 bits per heavy atom. The van der Waals surface area contributed by atoms with Crippen molar-refractivity contribution in [2.75, 3.05) is 32.8 Å². The summed E-state index contributed by atoms with van der Waals surface area (Å²) in [7, 11) is -3.69.